The van der Waals surface area contributed by atoms with E-state index in [1.54, 1.807) is 0 Å². The van der Waals surface area contributed by atoms with Crippen molar-refractivity contribution in [2.24, 2.45) is 5.41 Å². The molecule has 2 rings (SSSR count). The first-order chi connectivity index (χ1) is 11.7. The summed E-state index contributed by atoms with van der Waals surface area (Å²) >= 11 is 1.40. The molecule has 2 amide bonds. The molecule has 0 aliphatic carbocycles. The number of thiazole rings is 1. The predicted molar refractivity (Wildman–Crippen MR) is 103 cm³/mol. The molecule has 0 fully saturated rings. The van der Waals surface area contributed by atoms with Gasteiger partial charge in [-0.2, -0.15) is 0 Å². The highest BCUT2D eigenvalue weighted by Crippen LogP contribution is 2.28. The lowest BCUT2D eigenvalue weighted by Crippen LogP contribution is -2.36. The van der Waals surface area contributed by atoms with Crippen LogP contribution in [0.25, 0.3) is 11.3 Å². The summed E-state index contributed by atoms with van der Waals surface area (Å²) in [4.78, 5) is 28.3. The molecule has 0 atom stereocenters. The van der Waals surface area contributed by atoms with Crippen molar-refractivity contribution in [1.29, 1.82) is 0 Å². The van der Waals surface area contributed by atoms with Crippen molar-refractivity contribution in [2.75, 3.05) is 11.9 Å². The highest BCUT2D eigenvalue weighted by molar-refractivity contribution is 7.14. The Balaban J connectivity index is 1.90. The van der Waals surface area contributed by atoms with Gasteiger partial charge in [-0.15, -0.1) is 11.3 Å². The average molecular weight is 359 g/mol. The van der Waals surface area contributed by atoms with E-state index >= 15 is 0 Å². The van der Waals surface area contributed by atoms with Crippen molar-refractivity contribution < 1.29 is 9.59 Å². The molecule has 0 saturated carbocycles. The summed E-state index contributed by atoms with van der Waals surface area (Å²) in [5.41, 5.74) is 3.85. The molecular formula is C19H25N3O2S. The van der Waals surface area contributed by atoms with Gasteiger partial charge in [-0.05, 0) is 19.4 Å². The minimum absolute atomic E-state index is 0.0633. The lowest BCUT2D eigenvalue weighted by Gasteiger charge is -2.17. The van der Waals surface area contributed by atoms with Gasteiger partial charge in [0.1, 0.15) is 0 Å². The molecule has 2 N–H and O–H groups in total. The van der Waals surface area contributed by atoms with Gasteiger partial charge in [-0.25, -0.2) is 4.98 Å². The number of hydrogen-bond acceptors (Lipinski definition) is 4. The zero-order chi connectivity index (χ0) is 18.6. The standard InChI is InChI=1S/C19H25N3O2S/c1-12-6-7-14(13(2)10-12)15-11-25-18(21-15)22-16(23)8-9-20-17(24)19(3,4)5/h6-7,10-11H,8-9H2,1-5H3,(H,20,24)(H,21,22,23). The SMILES string of the molecule is Cc1ccc(-c2csc(NC(=O)CCNC(=O)C(C)(C)C)n2)c(C)c1. The van der Waals surface area contributed by atoms with Crippen LogP contribution >= 0.6 is 11.3 Å². The van der Waals surface area contributed by atoms with Crippen LogP contribution in [-0.2, 0) is 9.59 Å². The first-order valence-electron chi connectivity index (χ1n) is 8.28. The summed E-state index contributed by atoms with van der Waals surface area (Å²) in [6.45, 7) is 9.95. The molecule has 0 aliphatic heterocycles. The maximum absolute atomic E-state index is 12.0. The van der Waals surface area contributed by atoms with Gasteiger partial charge >= 0.3 is 0 Å². The quantitative estimate of drug-likeness (QED) is 0.850. The van der Waals surface area contributed by atoms with Gasteiger partial charge in [0.05, 0.1) is 5.69 Å². The molecular weight excluding hydrogens is 334 g/mol. The summed E-state index contributed by atoms with van der Waals surface area (Å²) in [6, 6.07) is 6.22. The average Bonchev–Trinajstić information content (AvgIpc) is 2.94. The maximum Gasteiger partial charge on any atom is 0.227 e. The second-order valence-electron chi connectivity index (χ2n) is 7.16. The monoisotopic (exact) mass is 359 g/mol. The van der Waals surface area contributed by atoms with Crippen molar-refractivity contribution in [3.8, 4) is 11.3 Å². The molecule has 1 aromatic heterocycles. The minimum atomic E-state index is -0.452. The number of nitrogens with one attached hydrogen (secondary N) is 2. The molecule has 25 heavy (non-hydrogen) atoms. The Bertz CT molecular complexity index is 775. The van der Waals surface area contributed by atoms with E-state index in [1.165, 1.54) is 16.9 Å². The largest absolute Gasteiger partial charge is 0.355 e. The van der Waals surface area contributed by atoms with Gasteiger partial charge in [0.25, 0.3) is 0 Å². The van der Waals surface area contributed by atoms with E-state index in [1.807, 2.05) is 32.2 Å². The lowest BCUT2D eigenvalue weighted by atomic mass is 9.96. The van der Waals surface area contributed by atoms with Gasteiger partial charge < -0.3 is 10.6 Å². The second kappa shape index (κ2) is 7.78. The molecule has 134 valence electrons. The second-order valence-corrected chi connectivity index (χ2v) is 8.02. The molecule has 6 heteroatoms. The number of carbonyl (C=O) groups is 2. The molecule has 2 aromatic rings. The van der Waals surface area contributed by atoms with Crippen LogP contribution in [0.5, 0.6) is 0 Å². The first kappa shape index (κ1) is 19.1. The van der Waals surface area contributed by atoms with Crippen LogP contribution < -0.4 is 10.6 Å². The van der Waals surface area contributed by atoms with E-state index < -0.39 is 5.41 Å². The third kappa shape index (κ3) is 5.39. The van der Waals surface area contributed by atoms with Crippen molar-refractivity contribution in [2.45, 2.75) is 41.0 Å². The third-order valence-electron chi connectivity index (χ3n) is 3.73. The fraction of sp³-hybridized carbons (Fsp3) is 0.421. The molecule has 0 bridgehead atoms. The van der Waals surface area contributed by atoms with Crippen molar-refractivity contribution in [3.05, 3.63) is 34.7 Å². The molecule has 1 aromatic carbocycles. The van der Waals surface area contributed by atoms with Crippen LogP contribution in [0.4, 0.5) is 5.13 Å². The Hall–Kier alpha value is -2.21. The van der Waals surface area contributed by atoms with Crippen LogP contribution in [-0.4, -0.2) is 23.3 Å². The number of aryl methyl sites for hydroxylation is 2. The number of anilines is 1. The summed E-state index contributed by atoms with van der Waals surface area (Å²) < 4.78 is 0. The molecule has 0 radical (unpaired) electrons. The van der Waals surface area contributed by atoms with Gasteiger partial charge in [0.15, 0.2) is 5.13 Å². The number of amides is 2. The Morgan fingerprint density at radius 1 is 1.20 bits per heavy atom. The van der Waals surface area contributed by atoms with Crippen LogP contribution in [0.3, 0.4) is 0 Å². The van der Waals surface area contributed by atoms with Gasteiger partial charge in [-0.1, -0.05) is 44.5 Å². The zero-order valence-corrected chi connectivity index (χ0v) is 16.2. The topological polar surface area (TPSA) is 71.1 Å². The number of nitrogens with zero attached hydrogens (tertiary/aromatic N) is 1. The zero-order valence-electron chi connectivity index (χ0n) is 15.4. The van der Waals surface area contributed by atoms with E-state index in [0.29, 0.717) is 11.7 Å². The number of hydrogen-bond donors (Lipinski definition) is 2. The number of aromatic nitrogens is 1. The fourth-order valence-electron chi connectivity index (χ4n) is 2.29. The molecule has 1 heterocycles. The molecule has 0 spiro atoms. The van der Waals surface area contributed by atoms with Crippen LogP contribution in [0, 0.1) is 19.3 Å². The van der Waals surface area contributed by atoms with Gasteiger partial charge in [0.2, 0.25) is 11.8 Å². The summed E-state index contributed by atoms with van der Waals surface area (Å²) in [5, 5.41) is 8.07. The summed E-state index contributed by atoms with van der Waals surface area (Å²) in [5.74, 6) is -0.220. The van der Waals surface area contributed by atoms with Crippen LogP contribution in [0.15, 0.2) is 23.6 Å². The number of rotatable bonds is 5. The van der Waals surface area contributed by atoms with E-state index in [0.717, 1.165) is 16.8 Å². The summed E-state index contributed by atoms with van der Waals surface area (Å²) in [7, 11) is 0. The van der Waals surface area contributed by atoms with E-state index in [4.69, 9.17) is 0 Å². The molecule has 0 aliphatic rings. The third-order valence-corrected chi connectivity index (χ3v) is 4.48. The van der Waals surface area contributed by atoms with E-state index in [-0.39, 0.29) is 18.2 Å². The van der Waals surface area contributed by atoms with Crippen molar-refractivity contribution in [3.63, 3.8) is 0 Å². The van der Waals surface area contributed by atoms with Gasteiger partial charge in [-0.3, -0.25) is 9.59 Å². The normalized spacial score (nSPS) is 11.2. The van der Waals surface area contributed by atoms with E-state index in [9.17, 15) is 9.59 Å². The molecule has 5 nitrogen and oxygen atoms in total. The fourth-order valence-corrected chi connectivity index (χ4v) is 3.02. The molecule has 0 saturated heterocycles. The predicted octanol–water partition coefficient (Wildman–Crippen LogP) is 3.92. The number of carbonyl (C=O) groups excluding carboxylic acids is 2. The number of benzene rings is 1. The van der Waals surface area contributed by atoms with Gasteiger partial charge in [0, 0.05) is 29.3 Å². The van der Waals surface area contributed by atoms with Crippen LogP contribution in [0.2, 0.25) is 0 Å². The highest BCUT2D eigenvalue weighted by atomic mass is 32.1. The van der Waals surface area contributed by atoms with Crippen LogP contribution in [0.1, 0.15) is 38.3 Å². The first-order valence-corrected chi connectivity index (χ1v) is 9.16. The Kier molecular flexibility index (Phi) is 5.95. The highest BCUT2D eigenvalue weighted by Gasteiger charge is 2.20. The smallest absolute Gasteiger partial charge is 0.227 e. The summed E-state index contributed by atoms with van der Waals surface area (Å²) in [6.07, 6.45) is 0.223. The van der Waals surface area contributed by atoms with Crippen molar-refractivity contribution >= 4 is 28.3 Å². The maximum atomic E-state index is 12.0. The minimum Gasteiger partial charge on any atom is -0.355 e. The van der Waals surface area contributed by atoms with Crippen molar-refractivity contribution in [1.82, 2.24) is 10.3 Å². The Morgan fingerprint density at radius 3 is 2.56 bits per heavy atom. The lowest BCUT2D eigenvalue weighted by molar-refractivity contribution is -0.128. The Labute approximate surface area is 152 Å². The Morgan fingerprint density at radius 2 is 1.92 bits per heavy atom. The van der Waals surface area contributed by atoms with E-state index in [2.05, 4.69) is 41.6 Å². The molecule has 0 unspecified atom stereocenters.